The predicted molar refractivity (Wildman–Crippen MR) is 79.0 cm³/mol. The molecule has 1 fully saturated rings. The minimum absolute atomic E-state index is 0.00179. The number of hydrogen-bond donors (Lipinski definition) is 1. The summed E-state index contributed by atoms with van der Waals surface area (Å²) in [6.07, 6.45) is 8.34. The van der Waals surface area contributed by atoms with Gasteiger partial charge in [-0.15, -0.1) is 0 Å². The van der Waals surface area contributed by atoms with Crippen LogP contribution in [-0.2, 0) is 17.7 Å². The molecule has 1 aromatic heterocycles. The molecule has 2 atom stereocenters. The minimum atomic E-state index is 0.00179. The number of aryl methyl sites for hydroxylation is 1. The highest BCUT2D eigenvalue weighted by Crippen LogP contribution is 2.19. The van der Waals surface area contributed by atoms with Gasteiger partial charge in [0.2, 0.25) is 0 Å². The predicted octanol–water partition coefficient (Wildman–Crippen LogP) is 1.27. The third kappa shape index (κ3) is 3.56. The fourth-order valence-corrected chi connectivity index (χ4v) is 3.20. The molecule has 116 valence electrons. The molecule has 0 bridgehead atoms. The zero-order valence-electron chi connectivity index (χ0n) is 12.6. The van der Waals surface area contributed by atoms with E-state index in [-0.39, 0.29) is 12.1 Å². The van der Waals surface area contributed by atoms with Gasteiger partial charge in [-0.1, -0.05) is 0 Å². The van der Waals surface area contributed by atoms with Crippen LogP contribution in [0.15, 0.2) is 12.4 Å². The summed E-state index contributed by atoms with van der Waals surface area (Å²) in [7, 11) is 1.87. The van der Waals surface area contributed by atoms with Crippen molar-refractivity contribution in [3.05, 3.63) is 18.2 Å². The number of carbonyl (C=O) groups excluding carboxylic acids is 1. The van der Waals surface area contributed by atoms with Crippen molar-refractivity contribution in [2.45, 2.75) is 38.3 Å². The molecule has 0 unspecified atom stereocenters. The van der Waals surface area contributed by atoms with Gasteiger partial charge in [-0.25, -0.2) is 9.78 Å². The van der Waals surface area contributed by atoms with Crippen LogP contribution in [0.5, 0.6) is 0 Å². The van der Waals surface area contributed by atoms with Gasteiger partial charge in [-0.2, -0.15) is 0 Å². The van der Waals surface area contributed by atoms with E-state index in [1.807, 2.05) is 19.4 Å². The molecule has 1 saturated heterocycles. The number of carbonyl (C=O) groups is 1. The first-order chi connectivity index (χ1) is 10.2. The lowest BCUT2D eigenvalue weighted by atomic mass is 9.99. The molecule has 1 aromatic rings. The standard InChI is InChI=1S/C15H24N4O2/c1-18(15(20)17-9-13-3-2-8-21-13)10-12-4-5-14-16-6-7-19(14)11-12/h6-7,12-13H,2-5,8-11H2,1H3,(H,17,20)/t12-,13-/m1/s1. The molecule has 3 rings (SSSR count). The molecule has 0 spiro atoms. The van der Waals surface area contributed by atoms with Crippen LogP contribution in [0.1, 0.15) is 25.1 Å². The number of aromatic nitrogens is 2. The number of rotatable bonds is 4. The van der Waals surface area contributed by atoms with Crippen LogP contribution in [0.3, 0.4) is 0 Å². The van der Waals surface area contributed by atoms with Crippen LogP contribution in [0, 0.1) is 5.92 Å². The van der Waals surface area contributed by atoms with Crippen molar-refractivity contribution in [1.82, 2.24) is 19.8 Å². The summed E-state index contributed by atoms with van der Waals surface area (Å²) in [6.45, 7) is 3.19. The molecule has 0 aromatic carbocycles. The number of ether oxygens (including phenoxy) is 1. The van der Waals surface area contributed by atoms with E-state index < -0.39 is 0 Å². The molecule has 2 aliphatic rings. The van der Waals surface area contributed by atoms with Crippen molar-refractivity contribution in [3.8, 4) is 0 Å². The Kier molecular flexibility index (Phi) is 4.43. The van der Waals surface area contributed by atoms with Gasteiger partial charge in [-0.3, -0.25) is 0 Å². The highest BCUT2D eigenvalue weighted by Gasteiger charge is 2.22. The zero-order chi connectivity index (χ0) is 14.7. The summed E-state index contributed by atoms with van der Waals surface area (Å²) >= 11 is 0. The molecule has 2 aliphatic heterocycles. The maximum Gasteiger partial charge on any atom is 0.317 e. The molecular formula is C15H24N4O2. The number of imidazole rings is 1. The average molecular weight is 292 g/mol. The molecule has 0 aliphatic carbocycles. The number of fused-ring (bicyclic) bond motifs is 1. The Morgan fingerprint density at radius 1 is 1.57 bits per heavy atom. The first kappa shape index (κ1) is 14.4. The first-order valence-corrected chi connectivity index (χ1v) is 7.83. The van der Waals surface area contributed by atoms with Crippen molar-refractivity contribution in [3.63, 3.8) is 0 Å². The second-order valence-corrected chi connectivity index (χ2v) is 6.10. The summed E-state index contributed by atoms with van der Waals surface area (Å²) in [5, 5.41) is 2.97. The number of nitrogens with one attached hydrogen (secondary N) is 1. The van der Waals surface area contributed by atoms with Gasteiger partial charge in [-0.05, 0) is 25.2 Å². The van der Waals surface area contributed by atoms with Crippen molar-refractivity contribution in [2.24, 2.45) is 5.92 Å². The molecule has 6 nitrogen and oxygen atoms in total. The van der Waals surface area contributed by atoms with Gasteiger partial charge in [0, 0.05) is 52.1 Å². The lowest BCUT2D eigenvalue weighted by Gasteiger charge is -2.28. The van der Waals surface area contributed by atoms with E-state index in [0.29, 0.717) is 12.5 Å². The van der Waals surface area contributed by atoms with E-state index in [2.05, 4.69) is 14.9 Å². The molecule has 2 amide bonds. The van der Waals surface area contributed by atoms with Gasteiger partial charge in [0.1, 0.15) is 5.82 Å². The van der Waals surface area contributed by atoms with Crippen molar-refractivity contribution in [1.29, 1.82) is 0 Å². The van der Waals surface area contributed by atoms with E-state index in [1.54, 1.807) is 4.90 Å². The van der Waals surface area contributed by atoms with E-state index >= 15 is 0 Å². The van der Waals surface area contributed by atoms with Gasteiger partial charge in [0.15, 0.2) is 0 Å². The Morgan fingerprint density at radius 3 is 3.29 bits per heavy atom. The van der Waals surface area contributed by atoms with Crippen LogP contribution in [-0.4, -0.2) is 53.3 Å². The molecule has 21 heavy (non-hydrogen) atoms. The second-order valence-electron chi connectivity index (χ2n) is 6.10. The largest absolute Gasteiger partial charge is 0.376 e. The number of nitrogens with zero attached hydrogens (tertiary/aromatic N) is 3. The highest BCUT2D eigenvalue weighted by atomic mass is 16.5. The summed E-state index contributed by atoms with van der Waals surface area (Å²) < 4.78 is 7.72. The van der Waals surface area contributed by atoms with Crippen LogP contribution in [0.4, 0.5) is 4.79 Å². The molecule has 0 radical (unpaired) electrons. The van der Waals surface area contributed by atoms with Gasteiger partial charge >= 0.3 is 6.03 Å². The first-order valence-electron chi connectivity index (χ1n) is 7.83. The Labute approximate surface area is 125 Å². The fraction of sp³-hybridized carbons (Fsp3) is 0.733. The van der Waals surface area contributed by atoms with Crippen molar-refractivity contribution in [2.75, 3.05) is 26.7 Å². The van der Waals surface area contributed by atoms with Crippen LogP contribution in [0.25, 0.3) is 0 Å². The average Bonchev–Trinajstić information content (AvgIpc) is 3.15. The van der Waals surface area contributed by atoms with E-state index in [0.717, 1.165) is 51.2 Å². The van der Waals surface area contributed by atoms with E-state index in [9.17, 15) is 4.79 Å². The maximum absolute atomic E-state index is 12.1. The lowest BCUT2D eigenvalue weighted by molar-refractivity contribution is 0.109. The van der Waals surface area contributed by atoms with Gasteiger partial charge in [0.25, 0.3) is 0 Å². The minimum Gasteiger partial charge on any atom is -0.376 e. The van der Waals surface area contributed by atoms with Gasteiger partial charge < -0.3 is 19.5 Å². The van der Waals surface area contributed by atoms with E-state index in [1.165, 1.54) is 0 Å². The highest BCUT2D eigenvalue weighted by molar-refractivity contribution is 5.73. The van der Waals surface area contributed by atoms with Crippen molar-refractivity contribution < 1.29 is 9.53 Å². The molecule has 6 heteroatoms. The quantitative estimate of drug-likeness (QED) is 0.909. The third-order valence-corrected chi connectivity index (χ3v) is 4.42. The monoisotopic (exact) mass is 292 g/mol. The summed E-state index contributed by atoms with van der Waals surface area (Å²) in [5.41, 5.74) is 0. The number of amides is 2. The number of hydrogen-bond acceptors (Lipinski definition) is 3. The Morgan fingerprint density at radius 2 is 2.48 bits per heavy atom. The number of urea groups is 1. The molecular weight excluding hydrogens is 268 g/mol. The third-order valence-electron chi connectivity index (χ3n) is 4.42. The Hall–Kier alpha value is -1.56. The second kappa shape index (κ2) is 6.47. The smallest absolute Gasteiger partial charge is 0.317 e. The maximum atomic E-state index is 12.1. The SMILES string of the molecule is CN(C[C@H]1CCc2nccn2C1)C(=O)NC[C@H]1CCCO1. The Bertz CT molecular complexity index is 482. The topological polar surface area (TPSA) is 59.4 Å². The van der Waals surface area contributed by atoms with Crippen molar-refractivity contribution >= 4 is 6.03 Å². The summed E-state index contributed by atoms with van der Waals surface area (Å²) in [5.74, 6) is 1.67. The Balaban J connectivity index is 1.43. The van der Waals surface area contributed by atoms with Crippen LogP contribution < -0.4 is 5.32 Å². The zero-order valence-corrected chi connectivity index (χ0v) is 12.6. The lowest BCUT2D eigenvalue weighted by Crippen LogP contribution is -2.43. The van der Waals surface area contributed by atoms with E-state index in [4.69, 9.17) is 4.74 Å². The molecule has 0 saturated carbocycles. The van der Waals surface area contributed by atoms with Crippen LogP contribution >= 0.6 is 0 Å². The fourth-order valence-electron chi connectivity index (χ4n) is 3.20. The summed E-state index contributed by atoms with van der Waals surface area (Å²) in [4.78, 5) is 18.2. The molecule has 1 N–H and O–H groups in total. The normalized spacial score (nSPS) is 24.6. The van der Waals surface area contributed by atoms with Gasteiger partial charge in [0.05, 0.1) is 6.10 Å². The van der Waals surface area contributed by atoms with Crippen LogP contribution in [0.2, 0.25) is 0 Å². The summed E-state index contributed by atoms with van der Waals surface area (Å²) in [6, 6.07) is 0.00179. The molecule has 3 heterocycles.